The summed E-state index contributed by atoms with van der Waals surface area (Å²) in [5.41, 5.74) is 3.60. The van der Waals surface area contributed by atoms with Crippen LogP contribution in [0.2, 0.25) is 5.02 Å². The van der Waals surface area contributed by atoms with Gasteiger partial charge in [-0.1, -0.05) is 41.8 Å². The van der Waals surface area contributed by atoms with Gasteiger partial charge in [-0.15, -0.1) is 5.10 Å². The summed E-state index contributed by atoms with van der Waals surface area (Å²) in [4.78, 5) is 9.38. The van der Waals surface area contributed by atoms with Crippen LogP contribution in [0.5, 0.6) is 5.88 Å². The molecule has 8 heteroatoms. The highest BCUT2D eigenvalue weighted by Crippen LogP contribution is 2.46. The van der Waals surface area contributed by atoms with Crippen LogP contribution in [0.3, 0.4) is 0 Å². The number of ether oxygens (including phenoxy) is 1. The summed E-state index contributed by atoms with van der Waals surface area (Å²) in [6, 6.07) is 9.48. The first-order valence-corrected chi connectivity index (χ1v) is 11.9. The quantitative estimate of drug-likeness (QED) is 0.436. The van der Waals surface area contributed by atoms with Crippen LogP contribution < -0.4 is 4.74 Å². The molecule has 1 fully saturated rings. The number of rotatable bonds is 5. The predicted octanol–water partition coefficient (Wildman–Crippen LogP) is 4.98. The van der Waals surface area contributed by atoms with E-state index in [4.69, 9.17) is 21.3 Å². The number of aryl methyl sites for hydroxylation is 3. The first-order chi connectivity index (χ1) is 16.3. The molecule has 176 valence electrons. The Morgan fingerprint density at radius 3 is 2.53 bits per heavy atom. The van der Waals surface area contributed by atoms with Crippen LogP contribution >= 0.6 is 11.6 Å². The number of hydrogen-bond acceptors (Lipinski definition) is 6. The molecule has 5 rings (SSSR count). The molecular weight excluding hydrogens is 450 g/mol. The number of nitrogens with zero attached hydrogens (tertiary/aromatic N) is 5. The zero-order valence-corrected chi connectivity index (χ0v) is 20.6. The second-order valence-corrected chi connectivity index (χ2v) is 9.48. The van der Waals surface area contributed by atoms with E-state index in [1.54, 1.807) is 25.0 Å². The van der Waals surface area contributed by atoms with Crippen LogP contribution in [0.1, 0.15) is 65.4 Å². The third-order valence-electron chi connectivity index (χ3n) is 7.00. The fourth-order valence-electron chi connectivity index (χ4n) is 5.29. The molecule has 1 N–H and O–H groups in total. The zero-order chi connectivity index (χ0) is 24.0. The Bertz CT molecular complexity index is 1380. The highest BCUT2D eigenvalue weighted by molar-refractivity contribution is 6.36. The molecule has 4 aromatic rings. The molecule has 0 bridgehead atoms. The summed E-state index contributed by atoms with van der Waals surface area (Å²) in [7, 11) is 3.40. The Kier molecular flexibility index (Phi) is 5.78. The maximum Gasteiger partial charge on any atom is 0.218 e. The molecule has 0 radical (unpaired) electrons. The van der Waals surface area contributed by atoms with E-state index < -0.39 is 5.60 Å². The summed E-state index contributed by atoms with van der Waals surface area (Å²) in [6.45, 7) is 3.83. The van der Waals surface area contributed by atoms with E-state index in [9.17, 15) is 5.11 Å². The fraction of sp³-hybridized carbons (Fsp3) is 0.385. The molecule has 1 aromatic carbocycles. The molecule has 1 atom stereocenters. The lowest BCUT2D eigenvalue weighted by atomic mass is 9.82. The van der Waals surface area contributed by atoms with Crippen molar-refractivity contribution in [2.24, 2.45) is 7.05 Å². The lowest BCUT2D eigenvalue weighted by Gasteiger charge is -2.30. The van der Waals surface area contributed by atoms with E-state index >= 15 is 0 Å². The van der Waals surface area contributed by atoms with Crippen LogP contribution in [-0.4, -0.2) is 37.2 Å². The lowest BCUT2D eigenvalue weighted by molar-refractivity contribution is 0.115. The Hall–Kier alpha value is -3.03. The maximum absolute atomic E-state index is 12.4. The van der Waals surface area contributed by atoms with Crippen molar-refractivity contribution in [3.63, 3.8) is 0 Å². The summed E-state index contributed by atoms with van der Waals surface area (Å²) >= 11 is 7.04. The Morgan fingerprint density at radius 1 is 1.12 bits per heavy atom. The van der Waals surface area contributed by atoms with Gasteiger partial charge < -0.3 is 9.84 Å². The van der Waals surface area contributed by atoms with E-state index in [2.05, 4.69) is 15.3 Å². The second-order valence-electron chi connectivity index (χ2n) is 9.10. The zero-order valence-electron chi connectivity index (χ0n) is 19.8. The van der Waals surface area contributed by atoms with Gasteiger partial charge in [0.15, 0.2) is 5.60 Å². The first kappa shape index (κ1) is 22.7. The average molecular weight is 478 g/mol. The smallest absolute Gasteiger partial charge is 0.218 e. The van der Waals surface area contributed by atoms with Crippen molar-refractivity contribution in [1.29, 1.82) is 0 Å². The monoisotopic (exact) mass is 477 g/mol. The fourth-order valence-corrected chi connectivity index (χ4v) is 5.68. The summed E-state index contributed by atoms with van der Waals surface area (Å²) < 4.78 is 7.23. The van der Waals surface area contributed by atoms with E-state index in [1.807, 2.05) is 44.2 Å². The normalized spacial score (nSPS) is 16.2. The molecule has 1 unspecified atom stereocenters. The molecule has 7 nitrogen and oxygen atoms in total. The van der Waals surface area contributed by atoms with E-state index in [0.717, 1.165) is 40.7 Å². The topological polar surface area (TPSA) is 85.9 Å². The van der Waals surface area contributed by atoms with Crippen LogP contribution in [0.15, 0.2) is 36.5 Å². The van der Waals surface area contributed by atoms with E-state index in [-0.39, 0.29) is 0 Å². The molecule has 34 heavy (non-hydrogen) atoms. The molecule has 0 amide bonds. The molecule has 1 aliphatic carbocycles. The number of pyridine rings is 2. The van der Waals surface area contributed by atoms with E-state index in [0.29, 0.717) is 33.6 Å². The van der Waals surface area contributed by atoms with Gasteiger partial charge in [-0.05, 0) is 56.4 Å². The number of benzene rings is 1. The minimum absolute atomic E-state index is 0.326. The van der Waals surface area contributed by atoms with Gasteiger partial charge in [-0.3, -0.25) is 4.98 Å². The molecule has 0 saturated heterocycles. The van der Waals surface area contributed by atoms with Gasteiger partial charge in [0.25, 0.3) is 0 Å². The van der Waals surface area contributed by atoms with Crippen molar-refractivity contribution in [3.05, 3.63) is 75.3 Å². The predicted molar refractivity (Wildman–Crippen MR) is 131 cm³/mol. The van der Waals surface area contributed by atoms with Crippen molar-refractivity contribution in [2.45, 2.75) is 51.0 Å². The van der Waals surface area contributed by atoms with Crippen molar-refractivity contribution in [2.75, 3.05) is 7.11 Å². The number of aromatic nitrogens is 5. The van der Waals surface area contributed by atoms with Crippen molar-refractivity contribution >= 4 is 22.5 Å². The molecule has 3 heterocycles. The SMILES string of the molecule is COc1nc2ccc(C(O)(c3ccc(C)nc3C)c3cnnn3C)cc2c(Cl)c1C1CCCC1. The largest absolute Gasteiger partial charge is 0.481 e. The van der Waals surface area contributed by atoms with Crippen molar-refractivity contribution < 1.29 is 9.84 Å². The number of aliphatic hydroxyl groups is 1. The summed E-state index contributed by atoms with van der Waals surface area (Å²) in [5, 5.41) is 21.9. The second kappa shape index (κ2) is 8.64. The van der Waals surface area contributed by atoms with Gasteiger partial charge >= 0.3 is 0 Å². The molecule has 1 aliphatic rings. The highest BCUT2D eigenvalue weighted by atomic mass is 35.5. The van der Waals surface area contributed by atoms with Crippen LogP contribution in [0.4, 0.5) is 0 Å². The van der Waals surface area contributed by atoms with Crippen molar-refractivity contribution in [1.82, 2.24) is 25.0 Å². The minimum atomic E-state index is -1.53. The third-order valence-corrected chi connectivity index (χ3v) is 7.40. The lowest BCUT2D eigenvalue weighted by Crippen LogP contribution is -2.32. The van der Waals surface area contributed by atoms with Gasteiger partial charge in [-0.25, -0.2) is 9.67 Å². The molecule has 3 aromatic heterocycles. The van der Waals surface area contributed by atoms with Crippen molar-refractivity contribution in [3.8, 4) is 5.88 Å². The molecule has 0 spiro atoms. The minimum Gasteiger partial charge on any atom is -0.481 e. The third kappa shape index (κ3) is 3.54. The van der Waals surface area contributed by atoms with Gasteiger partial charge in [0, 0.05) is 34.9 Å². The van der Waals surface area contributed by atoms with Gasteiger partial charge in [-0.2, -0.15) is 0 Å². The van der Waals surface area contributed by atoms with Gasteiger partial charge in [0.2, 0.25) is 5.88 Å². The number of hydrogen-bond donors (Lipinski definition) is 1. The average Bonchev–Trinajstić information content (AvgIpc) is 3.50. The first-order valence-electron chi connectivity index (χ1n) is 11.5. The van der Waals surface area contributed by atoms with E-state index in [1.165, 1.54) is 12.8 Å². The Balaban J connectivity index is 1.77. The Labute approximate surface area is 203 Å². The highest BCUT2D eigenvalue weighted by Gasteiger charge is 2.39. The van der Waals surface area contributed by atoms with Gasteiger partial charge in [0.1, 0.15) is 0 Å². The maximum atomic E-state index is 12.4. The van der Waals surface area contributed by atoms with Gasteiger partial charge in [0.05, 0.1) is 29.5 Å². The van der Waals surface area contributed by atoms with Crippen LogP contribution in [0, 0.1) is 13.8 Å². The molecule has 1 saturated carbocycles. The Morgan fingerprint density at radius 2 is 1.88 bits per heavy atom. The molecule has 0 aliphatic heterocycles. The number of halogens is 1. The van der Waals surface area contributed by atoms with Crippen LogP contribution in [-0.2, 0) is 12.6 Å². The summed E-state index contributed by atoms with van der Waals surface area (Å²) in [5.74, 6) is 0.911. The summed E-state index contributed by atoms with van der Waals surface area (Å²) in [6.07, 6.45) is 6.08. The standard InChI is InChI=1S/C26H28ClN5O2/c1-15-9-11-20(16(2)29-15)26(33,22-14-28-31-32(22)3)18-10-12-21-19(13-18)24(27)23(25(30-21)34-4)17-7-5-6-8-17/h9-14,17,33H,5-8H2,1-4H3. The number of fused-ring (bicyclic) bond motifs is 1. The number of methoxy groups -OCH3 is 1. The molecular formula is C26H28ClN5O2. The van der Waals surface area contributed by atoms with Crippen LogP contribution in [0.25, 0.3) is 10.9 Å².